The summed E-state index contributed by atoms with van der Waals surface area (Å²) in [4.78, 5) is 42.6. The predicted molar refractivity (Wildman–Crippen MR) is 257 cm³/mol. The molecule has 2 atom stereocenters. The first kappa shape index (κ1) is 57.7. The SMILES string of the molecule is CP(=O)(Oc1ccccc1)C(Nc1ccccc1)c1cccc(Cl)c1.O=C(Cc1ccc2ncc(Br)cc2c1)c1cccc(Cl)c1.O=CO[O-].O=Cc1ccc2ncc(Br)cc2c1.[Cs+].[Cs+].[H-]. The van der Waals surface area contributed by atoms with E-state index in [2.05, 4.69) is 52.0 Å². The van der Waals surface area contributed by atoms with E-state index in [1.165, 1.54) is 0 Å². The number of ketones is 1. The summed E-state index contributed by atoms with van der Waals surface area (Å²) in [6.07, 6.45) is 4.69. The summed E-state index contributed by atoms with van der Waals surface area (Å²) in [6, 6.07) is 48.5. The number of rotatable bonds is 11. The molecule has 0 amide bonds. The number of halogens is 4. The van der Waals surface area contributed by atoms with Crippen molar-refractivity contribution in [2.45, 2.75) is 12.2 Å². The van der Waals surface area contributed by atoms with Gasteiger partial charge in [0, 0.05) is 72.1 Å². The van der Waals surface area contributed by atoms with Gasteiger partial charge < -0.3 is 21.4 Å². The Labute approximate surface area is 523 Å². The Hall–Kier alpha value is -1.62. The van der Waals surface area contributed by atoms with Crippen molar-refractivity contribution in [2.24, 2.45) is 0 Å². The molecule has 322 valence electrons. The second-order valence-electron chi connectivity index (χ2n) is 13.5. The van der Waals surface area contributed by atoms with Crippen LogP contribution in [-0.2, 0) is 20.7 Å². The van der Waals surface area contributed by atoms with Crippen molar-refractivity contribution in [1.82, 2.24) is 9.97 Å². The second kappa shape index (κ2) is 30.1. The van der Waals surface area contributed by atoms with Crippen molar-refractivity contribution in [3.05, 3.63) is 211 Å². The Kier molecular flexibility index (Phi) is 26.7. The fourth-order valence-corrected chi connectivity index (χ4v) is 8.81. The van der Waals surface area contributed by atoms with Crippen molar-refractivity contribution in [1.29, 1.82) is 0 Å². The number of Topliss-reactive ketones (excluding diaryl/α,β-unsaturated/α-hetero) is 1. The second-order valence-corrected chi connectivity index (χ2v) is 18.7. The van der Waals surface area contributed by atoms with E-state index in [1.54, 1.807) is 67.6 Å². The average Bonchev–Trinajstić information content (AvgIpc) is 3.28. The Morgan fingerprint density at radius 2 is 1.29 bits per heavy atom. The summed E-state index contributed by atoms with van der Waals surface area (Å²) < 4.78 is 21.2. The number of para-hydroxylation sites is 2. The molecule has 2 heterocycles. The molecule has 0 fully saturated rings. The molecule has 65 heavy (non-hydrogen) atoms. The van der Waals surface area contributed by atoms with Crippen molar-refractivity contribution < 1.29 is 173 Å². The van der Waals surface area contributed by atoms with Crippen LogP contribution in [0.2, 0.25) is 10.0 Å². The maximum absolute atomic E-state index is 13.5. The first-order valence-electron chi connectivity index (χ1n) is 18.8. The van der Waals surface area contributed by atoms with Gasteiger partial charge in [-0.15, -0.1) is 0 Å². The molecule has 6 aromatic carbocycles. The van der Waals surface area contributed by atoms with E-state index in [0.29, 0.717) is 33.3 Å². The Morgan fingerprint density at radius 3 is 1.86 bits per heavy atom. The third kappa shape index (κ3) is 19.4. The Bertz CT molecular complexity index is 2860. The number of nitrogens with one attached hydrogen (secondary N) is 1. The molecule has 0 aliphatic rings. The van der Waals surface area contributed by atoms with Crippen LogP contribution in [0, 0.1) is 0 Å². The molecule has 10 nitrogen and oxygen atoms in total. The number of hydrogen-bond acceptors (Lipinski definition) is 10. The van der Waals surface area contributed by atoms with Crippen LogP contribution in [0.15, 0.2) is 179 Å². The van der Waals surface area contributed by atoms with Gasteiger partial charge in [-0.3, -0.25) is 28.9 Å². The zero-order chi connectivity index (χ0) is 45.2. The number of hydrogen-bond donors (Lipinski definition) is 1. The van der Waals surface area contributed by atoms with Gasteiger partial charge in [0.15, 0.2) is 5.78 Å². The first-order valence-corrected chi connectivity index (χ1v) is 23.3. The number of aromatic nitrogens is 2. The van der Waals surface area contributed by atoms with Crippen molar-refractivity contribution in [3.8, 4) is 5.75 Å². The molecule has 0 spiro atoms. The molecule has 0 bridgehead atoms. The normalized spacial score (nSPS) is 11.4. The minimum atomic E-state index is -3.10. The van der Waals surface area contributed by atoms with Crippen LogP contribution >= 0.6 is 62.4 Å². The molecule has 0 aliphatic carbocycles. The molecule has 0 saturated carbocycles. The number of carbonyl (C=O) groups is 3. The minimum Gasteiger partial charge on any atom is -1.00 e. The third-order valence-corrected chi connectivity index (χ3v) is 12.1. The van der Waals surface area contributed by atoms with Crippen LogP contribution < -0.4 is 153 Å². The number of anilines is 1. The number of pyridine rings is 2. The van der Waals surface area contributed by atoms with E-state index in [0.717, 1.165) is 53.9 Å². The van der Waals surface area contributed by atoms with Gasteiger partial charge in [-0.2, -0.15) is 0 Å². The van der Waals surface area contributed by atoms with E-state index in [1.807, 2.05) is 109 Å². The number of carbonyl (C=O) groups excluding carboxylic acids is 3. The quantitative estimate of drug-likeness (QED) is 0.0478. The fraction of sp³-hybridized carbons (Fsp3) is 0.0625. The summed E-state index contributed by atoms with van der Waals surface area (Å²) in [5.74, 6) is 0.115. The van der Waals surface area contributed by atoms with Gasteiger partial charge in [0.1, 0.15) is 17.8 Å². The number of nitrogens with zero attached hydrogens (tertiary/aromatic N) is 2. The van der Waals surface area contributed by atoms with Crippen molar-refractivity contribution >= 4 is 108 Å². The van der Waals surface area contributed by atoms with Gasteiger partial charge in [-0.1, -0.05) is 89.9 Å². The molecule has 0 aliphatic heterocycles. The van der Waals surface area contributed by atoms with Crippen LogP contribution in [0.4, 0.5) is 5.69 Å². The summed E-state index contributed by atoms with van der Waals surface area (Å²) in [6.45, 7) is 1.46. The molecule has 2 unspecified atom stereocenters. The van der Waals surface area contributed by atoms with E-state index < -0.39 is 13.2 Å². The summed E-state index contributed by atoms with van der Waals surface area (Å²) in [7, 11) is -3.10. The Morgan fingerprint density at radius 1 is 0.738 bits per heavy atom. The van der Waals surface area contributed by atoms with Crippen LogP contribution in [-0.4, -0.2) is 35.2 Å². The first-order chi connectivity index (χ1) is 30.4. The summed E-state index contributed by atoms with van der Waals surface area (Å²) in [5.41, 5.74) is 5.77. The largest absolute Gasteiger partial charge is 1.00 e. The van der Waals surface area contributed by atoms with Gasteiger partial charge in [-0.25, -0.2) is 0 Å². The molecule has 17 heteroatoms. The van der Waals surface area contributed by atoms with Gasteiger partial charge >= 0.3 is 138 Å². The van der Waals surface area contributed by atoms with Crippen LogP contribution in [0.25, 0.3) is 21.8 Å². The average molecular weight is 1300 g/mol. The van der Waals surface area contributed by atoms with Gasteiger partial charge in [0.25, 0.3) is 13.8 Å². The molecule has 2 aromatic heterocycles. The topological polar surface area (TPSA) is 148 Å². The minimum absolute atomic E-state index is 0. The molecule has 0 radical (unpaired) electrons. The van der Waals surface area contributed by atoms with Crippen molar-refractivity contribution in [3.63, 3.8) is 0 Å². The zero-order valence-electron chi connectivity index (χ0n) is 36.3. The van der Waals surface area contributed by atoms with E-state index in [4.69, 9.17) is 37.8 Å². The molecule has 8 aromatic rings. The summed E-state index contributed by atoms with van der Waals surface area (Å²) in [5, 5.41) is 14.9. The van der Waals surface area contributed by atoms with Crippen molar-refractivity contribution in [2.75, 3.05) is 12.0 Å². The number of fused-ring (bicyclic) bond motifs is 2. The van der Waals surface area contributed by atoms with Crippen LogP contribution in [0.3, 0.4) is 0 Å². The molecular formula is C48H38Br2Cl2Cs2N3O7P. The van der Waals surface area contributed by atoms with Gasteiger partial charge in [0.05, 0.1) is 11.0 Å². The maximum Gasteiger partial charge on any atom is 1.00 e. The Balaban J connectivity index is 0.000000331. The monoisotopic (exact) mass is 1290 g/mol. The number of benzene rings is 6. The van der Waals surface area contributed by atoms with E-state index in [9.17, 15) is 14.2 Å². The van der Waals surface area contributed by atoms with Gasteiger partial charge in [0.2, 0.25) is 0 Å². The maximum atomic E-state index is 13.5. The fourth-order valence-electron chi connectivity index (χ4n) is 5.99. The summed E-state index contributed by atoms with van der Waals surface area (Å²) >= 11 is 18.8. The van der Waals surface area contributed by atoms with E-state index in [-0.39, 0.29) is 151 Å². The predicted octanol–water partition coefficient (Wildman–Crippen LogP) is 6.88. The molecule has 1 N–H and O–H groups in total. The van der Waals surface area contributed by atoms with Crippen LogP contribution in [0.5, 0.6) is 5.75 Å². The van der Waals surface area contributed by atoms with Gasteiger partial charge in [-0.05, 0) is 134 Å². The number of aldehydes is 1. The zero-order valence-corrected chi connectivity index (χ0v) is 53.5. The molecular weight excluding hydrogens is 1260 g/mol. The molecule has 0 saturated heterocycles. The third-order valence-electron chi connectivity index (χ3n) is 8.81. The van der Waals surface area contributed by atoms with E-state index >= 15 is 0 Å². The standard InChI is InChI=1S/C20H19ClNO2P.C17H11BrClNO.C10H6BrNO.CH2O3.2Cs.H/c1-25(23,24-19-13-6-3-7-14-19)20(16-9-8-10-17(21)15-16)22-18-11-4-2-5-12-18;18-14-8-13-6-11(4-5-16(13)20-10-14)7-17(21)12-2-1-3-15(19)9-12;11-9-4-8-3-7(6-13)1-2-10(8)12-5-9;2-1-4-3;;;/h2-15,20,22H,1H3;1-6,8-10H,7H2;1-6H;1,3H;;;/q;;;;2*+1;-1/p-1. The smallest absolute Gasteiger partial charge is 1.00 e. The van der Waals surface area contributed by atoms with Crippen LogP contribution in [0.1, 0.15) is 39.1 Å². The molecule has 8 rings (SSSR count).